The Bertz CT molecular complexity index is 584. The highest BCUT2D eigenvalue weighted by Crippen LogP contribution is 2.35. The van der Waals surface area contributed by atoms with Crippen molar-refractivity contribution in [2.24, 2.45) is 0 Å². The summed E-state index contributed by atoms with van der Waals surface area (Å²) in [7, 11) is 5.29. The third-order valence-corrected chi connectivity index (χ3v) is 4.04. The molecule has 3 nitrogen and oxygen atoms in total. The molecule has 112 valence electrons. The summed E-state index contributed by atoms with van der Waals surface area (Å²) in [6.45, 7) is 0. The van der Waals surface area contributed by atoms with Crippen molar-refractivity contribution < 1.29 is 9.47 Å². The van der Waals surface area contributed by atoms with Crippen molar-refractivity contribution in [1.82, 2.24) is 5.32 Å². The van der Waals surface area contributed by atoms with Crippen LogP contribution in [0.2, 0.25) is 0 Å². The zero-order valence-corrected chi connectivity index (χ0v) is 14.1. The quantitative estimate of drug-likeness (QED) is 0.855. The number of hydrogen-bond acceptors (Lipinski definition) is 3. The first kappa shape index (κ1) is 15.9. The van der Waals surface area contributed by atoms with Crippen molar-refractivity contribution in [2.45, 2.75) is 12.5 Å². The van der Waals surface area contributed by atoms with E-state index in [1.54, 1.807) is 14.2 Å². The molecule has 1 atom stereocenters. The zero-order valence-electron chi connectivity index (χ0n) is 12.5. The number of para-hydroxylation sites is 1. The molecule has 1 N–H and O–H groups in total. The molecular formula is C17H20BrNO2. The Balaban J connectivity index is 2.31. The summed E-state index contributed by atoms with van der Waals surface area (Å²) in [6, 6.07) is 14.5. The fraction of sp³-hybridized carbons (Fsp3) is 0.294. The van der Waals surface area contributed by atoms with E-state index < -0.39 is 0 Å². The van der Waals surface area contributed by atoms with E-state index in [2.05, 4.69) is 51.6 Å². The molecule has 0 amide bonds. The summed E-state index contributed by atoms with van der Waals surface area (Å²) in [6.07, 6.45) is 0.882. The average molecular weight is 350 g/mol. The Kier molecular flexibility index (Phi) is 5.65. The third kappa shape index (κ3) is 3.77. The Morgan fingerprint density at radius 2 is 1.76 bits per heavy atom. The van der Waals surface area contributed by atoms with Gasteiger partial charge in [0.15, 0.2) is 11.5 Å². The number of likely N-dealkylation sites (N-methyl/N-ethyl adjacent to an activating group) is 1. The van der Waals surface area contributed by atoms with Crippen LogP contribution >= 0.6 is 15.9 Å². The summed E-state index contributed by atoms with van der Waals surface area (Å²) in [4.78, 5) is 0. The van der Waals surface area contributed by atoms with E-state index in [9.17, 15) is 0 Å². The number of halogens is 1. The molecule has 2 aromatic carbocycles. The van der Waals surface area contributed by atoms with Gasteiger partial charge in [0.25, 0.3) is 0 Å². The van der Waals surface area contributed by atoms with Crippen LogP contribution in [0.3, 0.4) is 0 Å². The number of benzene rings is 2. The van der Waals surface area contributed by atoms with Gasteiger partial charge in [0.05, 0.1) is 14.2 Å². The topological polar surface area (TPSA) is 30.5 Å². The van der Waals surface area contributed by atoms with Gasteiger partial charge in [-0.25, -0.2) is 0 Å². The van der Waals surface area contributed by atoms with Gasteiger partial charge < -0.3 is 14.8 Å². The van der Waals surface area contributed by atoms with Crippen molar-refractivity contribution in [3.63, 3.8) is 0 Å². The number of nitrogens with one attached hydrogen (secondary N) is 1. The van der Waals surface area contributed by atoms with E-state index in [1.165, 1.54) is 5.56 Å². The van der Waals surface area contributed by atoms with Crippen LogP contribution in [0, 0.1) is 0 Å². The molecular weight excluding hydrogens is 330 g/mol. The highest BCUT2D eigenvalue weighted by atomic mass is 79.9. The maximum absolute atomic E-state index is 5.53. The molecule has 0 aromatic heterocycles. The van der Waals surface area contributed by atoms with E-state index in [4.69, 9.17) is 9.47 Å². The molecule has 0 aliphatic carbocycles. The molecule has 21 heavy (non-hydrogen) atoms. The standard InChI is InChI=1S/C17H20BrNO2/c1-19-15(11-12-7-9-13(18)10-8-12)14-5-4-6-16(20-2)17(14)21-3/h4-10,15,19H,11H2,1-3H3. The van der Waals surface area contributed by atoms with Crippen LogP contribution in [-0.2, 0) is 6.42 Å². The fourth-order valence-electron chi connectivity index (χ4n) is 2.41. The summed E-state index contributed by atoms with van der Waals surface area (Å²) in [5.74, 6) is 1.54. The summed E-state index contributed by atoms with van der Waals surface area (Å²) in [5.41, 5.74) is 2.37. The molecule has 0 fully saturated rings. The molecule has 1 unspecified atom stereocenters. The number of ether oxygens (including phenoxy) is 2. The minimum Gasteiger partial charge on any atom is -0.493 e. The second-order valence-electron chi connectivity index (χ2n) is 4.75. The van der Waals surface area contributed by atoms with Gasteiger partial charge in [-0.2, -0.15) is 0 Å². The predicted molar refractivity (Wildman–Crippen MR) is 89.2 cm³/mol. The normalized spacial score (nSPS) is 12.0. The van der Waals surface area contributed by atoms with Crippen LogP contribution in [0.1, 0.15) is 17.2 Å². The highest BCUT2D eigenvalue weighted by molar-refractivity contribution is 9.10. The first-order valence-electron chi connectivity index (χ1n) is 6.82. The molecule has 0 saturated carbocycles. The van der Waals surface area contributed by atoms with Gasteiger partial charge in [-0.15, -0.1) is 0 Å². The summed E-state index contributed by atoms with van der Waals surface area (Å²) < 4.78 is 12.0. The van der Waals surface area contributed by atoms with Crippen molar-refractivity contribution >= 4 is 15.9 Å². The minimum atomic E-state index is 0.163. The van der Waals surface area contributed by atoms with Gasteiger partial charge in [-0.3, -0.25) is 0 Å². The van der Waals surface area contributed by atoms with Crippen LogP contribution < -0.4 is 14.8 Å². The van der Waals surface area contributed by atoms with E-state index in [1.807, 2.05) is 19.2 Å². The predicted octanol–water partition coefficient (Wildman–Crippen LogP) is 3.97. The van der Waals surface area contributed by atoms with Crippen molar-refractivity contribution in [1.29, 1.82) is 0 Å². The smallest absolute Gasteiger partial charge is 0.165 e. The molecule has 0 saturated heterocycles. The largest absolute Gasteiger partial charge is 0.493 e. The van der Waals surface area contributed by atoms with E-state index in [0.717, 1.165) is 28.0 Å². The van der Waals surface area contributed by atoms with Gasteiger partial charge in [-0.1, -0.05) is 40.2 Å². The highest BCUT2D eigenvalue weighted by Gasteiger charge is 2.18. The van der Waals surface area contributed by atoms with Crippen molar-refractivity contribution in [2.75, 3.05) is 21.3 Å². The molecule has 0 bridgehead atoms. The first-order chi connectivity index (χ1) is 10.2. The lowest BCUT2D eigenvalue weighted by molar-refractivity contribution is 0.347. The number of hydrogen-bond donors (Lipinski definition) is 1. The molecule has 2 rings (SSSR count). The van der Waals surface area contributed by atoms with E-state index >= 15 is 0 Å². The Hall–Kier alpha value is -1.52. The zero-order chi connectivity index (χ0) is 15.2. The fourth-order valence-corrected chi connectivity index (χ4v) is 2.67. The van der Waals surface area contributed by atoms with Gasteiger partial charge in [0, 0.05) is 16.1 Å². The summed E-state index contributed by atoms with van der Waals surface area (Å²) in [5, 5.41) is 3.36. The summed E-state index contributed by atoms with van der Waals surface area (Å²) >= 11 is 3.46. The van der Waals surface area contributed by atoms with Gasteiger partial charge in [0.2, 0.25) is 0 Å². The van der Waals surface area contributed by atoms with E-state index in [0.29, 0.717) is 0 Å². The SMILES string of the molecule is CNC(Cc1ccc(Br)cc1)c1cccc(OC)c1OC. The van der Waals surface area contributed by atoms with Crippen LogP contribution in [0.15, 0.2) is 46.9 Å². The van der Waals surface area contributed by atoms with Crippen LogP contribution in [0.5, 0.6) is 11.5 Å². The Morgan fingerprint density at radius 3 is 2.33 bits per heavy atom. The maximum atomic E-state index is 5.53. The maximum Gasteiger partial charge on any atom is 0.165 e. The lowest BCUT2D eigenvalue weighted by Gasteiger charge is -2.21. The van der Waals surface area contributed by atoms with Gasteiger partial charge >= 0.3 is 0 Å². The molecule has 2 aromatic rings. The third-order valence-electron chi connectivity index (χ3n) is 3.51. The first-order valence-corrected chi connectivity index (χ1v) is 7.61. The van der Waals surface area contributed by atoms with Crippen LogP contribution in [-0.4, -0.2) is 21.3 Å². The molecule has 0 heterocycles. The molecule has 0 radical (unpaired) electrons. The minimum absolute atomic E-state index is 0.163. The molecule has 0 aliphatic rings. The van der Waals surface area contributed by atoms with Crippen LogP contribution in [0.25, 0.3) is 0 Å². The number of methoxy groups -OCH3 is 2. The lowest BCUT2D eigenvalue weighted by atomic mass is 9.98. The molecule has 0 spiro atoms. The average Bonchev–Trinajstić information content (AvgIpc) is 2.53. The lowest BCUT2D eigenvalue weighted by Crippen LogP contribution is -2.19. The molecule has 0 aliphatic heterocycles. The van der Waals surface area contributed by atoms with Crippen molar-refractivity contribution in [3.8, 4) is 11.5 Å². The van der Waals surface area contributed by atoms with E-state index in [-0.39, 0.29) is 6.04 Å². The molecule has 4 heteroatoms. The second-order valence-corrected chi connectivity index (χ2v) is 5.67. The van der Waals surface area contributed by atoms with Crippen LogP contribution in [0.4, 0.5) is 0 Å². The Labute approximate surface area is 134 Å². The number of rotatable bonds is 6. The van der Waals surface area contributed by atoms with Gasteiger partial charge in [0.1, 0.15) is 0 Å². The van der Waals surface area contributed by atoms with Gasteiger partial charge in [-0.05, 0) is 37.2 Å². The monoisotopic (exact) mass is 349 g/mol. The van der Waals surface area contributed by atoms with Crippen molar-refractivity contribution in [3.05, 3.63) is 58.1 Å². The Morgan fingerprint density at radius 1 is 1.05 bits per heavy atom. The second kappa shape index (κ2) is 7.48.